The molecule has 3 aromatic carbocycles. The largest absolute Gasteiger partial charge is 0.466 e. The second-order valence-electron chi connectivity index (χ2n) is 8.24. The van der Waals surface area contributed by atoms with Gasteiger partial charge in [0.05, 0.1) is 17.6 Å². The molecule has 0 saturated heterocycles. The molecule has 1 aliphatic carbocycles. The van der Waals surface area contributed by atoms with Crippen molar-refractivity contribution in [1.29, 1.82) is 0 Å². The van der Waals surface area contributed by atoms with E-state index in [0.29, 0.717) is 11.1 Å². The summed E-state index contributed by atoms with van der Waals surface area (Å²) in [6.45, 7) is 1.72. The predicted molar refractivity (Wildman–Crippen MR) is 130 cm³/mol. The molecule has 0 spiro atoms. The van der Waals surface area contributed by atoms with Crippen LogP contribution >= 0.6 is 0 Å². The van der Waals surface area contributed by atoms with Crippen LogP contribution in [0.1, 0.15) is 16.7 Å². The Morgan fingerprint density at radius 3 is 2.00 bits per heavy atom. The van der Waals surface area contributed by atoms with Crippen LogP contribution in [0.15, 0.2) is 101 Å². The first kappa shape index (κ1) is 25.4. The van der Waals surface area contributed by atoms with Crippen molar-refractivity contribution in [2.45, 2.75) is 23.5 Å². The van der Waals surface area contributed by atoms with E-state index >= 15 is 13.2 Å². The van der Waals surface area contributed by atoms with Gasteiger partial charge in [-0.1, -0.05) is 78.4 Å². The zero-order valence-electron chi connectivity index (χ0n) is 19.3. The average Bonchev–Trinajstić information content (AvgIpc) is 2.85. The summed E-state index contributed by atoms with van der Waals surface area (Å²) in [5.74, 6) is -1.29. The van der Waals surface area contributed by atoms with Crippen LogP contribution in [0, 0.1) is 6.92 Å². The summed E-state index contributed by atoms with van der Waals surface area (Å²) in [5, 5.41) is 0. The summed E-state index contributed by atoms with van der Waals surface area (Å²) in [6, 6.07) is 21.5. The van der Waals surface area contributed by atoms with Gasteiger partial charge in [-0.2, -0.15) is 17.9 Å². The Labute approximate surface area is 207 Å². The quantitative estimate of drug-likeness (QED) is 0.454. The number of esters is 1. The summed E-state index contributed by atoms with van der Waals surface area (Å²) in [6.07, 6.45) is -3.99. The number of hydrogen-bond donors (Lipinski definition) is 1. The van der Waals surface area contributed by atoms with E-state index in [4.69, 9.17) is 4.74 Å². The van der Waals surface area contributed by atoms with E-state index in [1.54, 1.807) is 67.6 Å². The number of hydrogen-bond acceptors (Lipinski definition) is 4. The van der Waals surface area contributed by atoms with Gasteiger partial charge in [-0.15, -0.1) is 0 Å². The third-order valence-corrected chi connectivity index (χ3v) is 7.37. The van der Waals surface area contributed by atoms with Gasteiger partial charge in [-0.3, -0.25) is 0 Å². The molecule has 36 heavy (non-hydrogen) atoms. The molecule has 9 heteroatoms. The highest BCUT2D eigenvalue weighted by molar-refractivity contribution is 7.89. The lowest BCUT2D eigenvalue weighted by molar-refractivity contribution is -0.175. The molecule has 0 aliphatic heterocycles. The van der Waals surface area contributed by atoms with Crippen LogP contribution in [0.5, 0.6) is 0 Å². The normalized spacial score (nSPS) is 19.2. The number of alkyl halides is 3. The van der Waals surface area contributed by atoms with Gasteiger partial charge in [-0.05, 0) is 41.8 Å². The van der Waals surface area contributed by atoms with Gasteiger partial charge in [0.1, 0.15) is 0 Å². The van der Waals surface area contributed by atoms with Crippen molar-refractivity contribution >= 4 is 27.6 Å². The Morgan fingerprint density at radius 2 is 1.47 bits per heavy atom. The fourth-order valence-corrected chi connectivity index (χ4v) is 5.52. The number of sulfonamides is 1. The third kappa shape index (κ3) is 4.36. The molecule has 0 heterocycles. The number of methoxy groups -OCH3 is 1. The molecule has 3 aromatic rings. The molecular weight excluding hydrogens is 491 g/mol. The Balaban J connectivity index is 2.04. The summed E-state index contributed by atoms with van der Waals surface area (Å²) < 4.78 is 78.3. The van der Waals surface area contributed by atoms with Crippen LogP contribution in [0.4, 0.5) is 13.2 Å². The Hall–Kier alpha value is -3.69. The van der Waals surface area contributed by atoms with Crippen molar-refractivity contribution in [1.82, 2.24) is 4.72 Å². The first-order valence-corrected chi connectivity index (χ1v) is 12.3. The topological polar surface area (TPSA) is 72.5 Å². The van der Waals surface area contributed by atoms with E-state index in [1.807, 2.05) is 4.72 Å². The molecule has 1 aliphatic rings. The minimum atomic E-state index is -5.23. The molecule has 0 saturated carbocycles. The molecule has 0 bridgehead atoms. The van der Waals surface area contributed by atoms with Crippen LogP contribution in [0.2, 0.25) is 0 Å². The molecule has 4 rings (SSSR count). The van der Waals surface area contributed by atoms with Crippen LogP contribution in [0.3, 0.4) is 0 Å². The van der Waals surface area contributed by atoms with Crippen LogP contribution in [-0.2, 0) is 19.6 Å². The second kappa shape index (κ2) is 9.40. The number of ether oxygens (including phenoxy) is 1. The van der Waals surface area contributed by atoms with E-state index in [0.717, 1.165) is 12.7 Å². The zero-order valence-corrected chi connectivity index (χ0v) is 20.2. The van der Waals surface area contributed by atoms with Gasteiger partial charge in [0, 0.05) is 5.57 Å². The summed E-state index contributed by atoms with van der Waals surface area (Å²) in [5.41, 5.74) is -3.19. The van der Waals surface area contributed by atoms with Crippen molar-refractivity contribution in [3.8, 4) is 0 Å². The molecule has 0 radical (unpaired) electrons. The van der Waals surface area contributed by atoms with E-state index in [1.165, 1.54) is 30.3 Å². The highest BCUT2D eigenvalue weighted by Crippen LogP contribution is 2.58. The van der Waals surface area contributed by atoms with Crippen LogP contribution in [0.25, 0.3) is 11.6 Å². The van der Waals surface area contributed by atoms with E-state index in [2.05, 4.69) is 0 Å². The molecule has 0 unspecified atom stereocenters. The predicted octanol–water partition coefficient (Wildman–Crippen LogP) is 5.30. The maximum atomic E-state index is 15.0. The highest BCUT2D eigenvalue weighted by atomic mass is 32.2. The lowest BCUT2D eigenvalue weighted by Crippen LogP contribution is -2.67. The Kier molecular flexibility index (Phi) is 6.64. The van der Waals surface area contributed by atoms with Crippen molar-refractivity contribution < 1.29 is 31.1 Å². The van der Waals surface area contributed by atoms with E-state index in [9.17, 15) is 13.2 Å². The van der Waals surface area contributed by atoms with Gasteiger partial charge in [-0.25, -0.2) is 13.2 Å². The molecule has 0 amide bonds. The average molecular weight is 514 g/mol. The second-order valence-corrected chi connectivity index (χ2v) is 9.93. The van der Waals surface area contributed by atoms with Gasteiger partial charge in [0.2, 0.25) is 10.0 Å². The van der Waals surface area contributed by atoms with Gasteiger partial charge in [0.15, 0.2) is 5.54 Å². The van der Waals surface area contributed by atoms with Crippen molar-refractivity contribution in [3.05, 3.63) is 113 Å². The van der Waals surface area contributed by atoms with Gasteiger partial charge in [0.25, 0.3) is 0 Å². The molecule has 0 fully saturated rings. The Bertz CT molecular complexity index is 1450. The monoisotopic (exact) mass is 513 g/mol. The lowest BCUT2D eigenvalue weighted by Gasteiger charge is -2.48. The first-order valence-electron chi connectivity index (χ1n) is 10.8. The lowest BCUT2D eigenvalue weighted by atomic mass is 9.63. The van der Waals surface area contributed by atoms with Crippen molar-refractivity contribution in [3.63, 3.8) is 0 Å². The summed E-state index contributed by atoms with van der Waals surface area (Å²) >= 11 is 0. The number of halogens is 3. The number of rotatable bonds is 6. The fourth-order valence-electron chi connectivity index (χ4n) is 4.18. The minimum Gasteiger partial charge on any atom is -0.466 e. The summed E-state index contributed by atoms with van der Waals surface area (Å²) in [7, 11) is -3.79. The molecule has 1 N–H and O–H groups in total. The number of benzene rings is 3. The molecule has 186 valence electrons. The van der Waals surface area contributed by atoms with Crippen LogP contribution in [-0.4, -0.2) is 33.2 Å². The van der Waals surface area contributed by atoms with E-state index in [-0.39, 0.29) is 10.5 Å². The smallest absolute Gasteiger partial charge is 0.416 e. The van der Waals surface area contributed by atoms with E-state index < -0.39 is 38.9 Å². The summed E-state index contributed by atoms with van der Waals surface area (Å²) in [4.78, 5) is 12.5. The number of carbonyl (C=O) groups is 1. The standard InChI is InChI=1S/C27H22F3NO4S/c1-18-13-15-21(16-14-18)36(33,34)31-26(27(28,29)30)22(17-19-9-5-3-6-10-19)23(24(26)25(32)35-2)20-11-7-4-8-12-20/h3-17,31H,1-2H3/b22-17+/t26-/m0/s1. The molecule has 5 nitrogen and oxygen atoms in total. The van der Waals surface area contributed by atoms with Crippen LogP contribution < -0.4 is 4.72 Å². The van der Waals surface area contributed by atoms with Gasteiger partial charge < -0.3 is 4.74 Å². The maximum absolute atomic E-state index is 15.0. The SMILES string of the molecule is COC(=O)C1=C(c2ccccc2)/C(=C\c2ccccc2)[C@@]1(NS(=O)(=O)c1ccc(C)cc1)C(F)(F)F. The number of nitrogens with one attached hydrogen (secondary N) is 1. The number of aryl methyl sites for hydroxylation is 1. The first-order chi connectivity index (χ1) is 17.0. The Morgan fingerprint density at radius 1 is 0.917 bits per heavy atom. The maximum Gasteiger partial charge on any atom is 0.416 e. The molecule has 1 atom stereocenters. The zero-order chi connectivity index (χ0) is 26.1. The fraction of sp³-hybridized carbons (Fsp3) is 0.148. The highest BCUT2D eigenvalue weighted by Gasteiger charge is 2.70. The van der Waals surface area contributed by atoms with Crippen molar-refractivity contribution in [2.75, 3.05) is 7.11 Å². The number of carbonyl (C=O) groups excluding carboxylic acids is 1. The third-order valence-electron chi connectivity index (χ3n) is 5.90. The molecule has 0 aromatic heterocycles. The van der Waals surface area contributed by atoms with Gasteiger partial charge >= 0.3 is 12.1 Å². The molecular formula is C27H22F3NO4S. The minimum absolute atomic E-state index is 0.0461. The van der Waals surface area contributed by atoms with Crippen molar-refractivity contribution in [2.24, 2.45) is 0 Å².